The van der Waals surface area contributed by atoms with Gasteiger partial charge in [0.25, 0.3) is 0 Å². The van der Waals surface area contributed by atoms with E-state index in [9.17, 15) is 15.0 Å². The van der Waals surface area contributed by atoms with Crippen LogP contribution in [0.15, 0.2) is 36.4 Å². The van der Waals surface area contributed by atoms with Crippen LogP contribution < -0.4 is 4.74 Å². The third-order valence-electron chi connectivity index (χ3n) is 6.38. The molecule has 0 aromatic heterocycles. The van der Waals surface area contributed by atoms with Gasteiger partial charge >= 0.3 is 0 Å². The molecular formula is C24H36O5. The molecule has 0 heterocycles. The summed E-state index contributed by atoms with van der Waals surface area (Å²) in [6.45, 7) is 8.24. The summed E-state index contributed by atoms with van der Waals surface area (Å²) in [4.78, 5) is 12.9. The largest absolute Gasteiger partial charge is 0.497 e. The Kier molecular flexibility index (Phi) is 8.44. The van der Waals surface area contributed by atoms with Crippen LogP contribution in [0, 0.1) is 29.1 Å². The molecule has 2 N–H and O–H groups in total. The first-order valence-corrected chi connectivity index (χ1v) is 10.4. The van der Waals surface area contributed by atoms with Gasteiger partial charge in [-0.2, -0.15) is 0 Å². The number of carbonyl (C=O) groups excluding carboxylic acids is 1. The number of ketones is 1. The zero-order chi connectivity index (χ0) is 21.6. The normalized spacial score (nSPS) is 25.4. The Labute approximate surface area is 174 Å². The third kappa shape index (κ3) is 5.68. The maximum absolute atomic E-state index is 12.9. The maximum atomic E-state index is 12.9. The van der Waals surface area contributed by atoms with E-state index in [2.05, 4.69) is 13.0 Å². The van der Waals surface area contributed by atoms with Gasteiger partial charge in [-0.05, 0) is 48.3 Å². The molecule has 5 heteroatoms. The molecule has 6 atom stereocenters. The lowest BCUT2D eigenvalue weighted by atomic mass is 9.80. The van der Waals surface area contributed by atoms with Gasteiger partial charge < -0.3 is 19.7 Å². The van der Waals surface area contributed by atoms with Crippen LogP contribution in [0.3, 0.4) is 0 Å². The van der Waals surface area contributed by atoms with Crippen LogP contribution in [0.25, 0.3) is 0 Å². The van der Waals surface area contributed by atoms with E-state index < -0.39 is 17.9 Å². The number of Topliss-reactive ketones (excluding diaryl/α,β-unsaturated/α-hetero) is 1. The maximum Gasteiger partial charge on any atom is 0.145 e. The quantitative estimate of drug-likeness (QED) is 0.520. The first-order valence-electron chi connectivity index (χ1n) is 10.4. The first-order chi connectivity index (χ1) is 13.8. The zero-order valence-electron chi connectivity index (χ0n) is 18.3. The fraction of sp³-hybridized carbons (Fsp3) is 0.625. The van der Waals surface area contributed by atoms with Crippen LogP contribution >= 0.6 is 0 Å². The summed E-state index contributed by atoms with van der Waals surface area (Å²) in [5.74, 6) is 0.153. The summed E-state index contributed by atoms with van der Waals surface area (Å²) < 4.78 is 10.8. The predicted molar refractivity (Wildman–Crippen MR) is 114 cm³/mol. The van der Waals surface area contributed by atoms with Crippen LogP contribution in [0.2, 0.25) is 0 Å². The number of rotatable bonds is 12. The molecule has 1 fully saturated rings. The average Bonchev–Trinajstić information content (AvgIpc) is 3.42. The molecule has 0 radical (unpaired) electrons. The zero-order valence-corrected chi connectivity index (χ0v) is 18.3. The number of carbonyl (C=O) groups is 1. The van der Waals surface area contributed by atoms with Crippen molar-refractivity contribution in [2.24, 2.45) is 29.1 Å². The van der Waals surface area contributed by atoms with Crippen molar-refractivity contribution >= 4 is 5.78 Å². The van der Waals surface area contributed by atoms with E-state index >= 15 is 0 Å². The lowest BCUT2D eigenvalue weighted by molar-refractivity contribution is -0.136. The molecule has 0 unspecified atom stereocenters. The Bertz CT molecular complexity index is 683. The summed E-state index contributed by atoms with van der Waals surface area (Å²) in [6, 6.07) is 7.58. The first kappa shape index (κ1) is 23.6. The third-order valence-corrected chi connectivity index (χ3v) is 6.38. The highest BCUT2D eigenvalue weighted by Gasteiger charge is 2.59. The number of ether oxygens (including phenoxy) is 2. The lowest BCUT2D eigenvalue weighted by Gasteiger charge is -2.29. The van der Waals surface area contributed by atoms with Crippen LogP contribution in [0.5, 0.6) is 5.75 Å². The Morgan fingerprint density at radius 2 is 1.97 bits per heavy atom. The molecule has 0 amide bonds. The topological polar surface area (TPSA) is 76.0 Å². The molecule has 1 saturated carbocycles. The minimum Gasteiger partial charge on any atom is -0.497 e. The van der Waals surface area contributed by atoms with Crippen LogP contribution in [-0.2, 0) is 16.1 Å². The second-order valence-corrected chi connectivity index (χ2v) is 8.60. The molecule has 0 bridgehead atoms. The fourth-order valence-corrected chi connectivity index (χ4v) is 4.31. The van der Waals surface area contributed by atoms with E-state index in [1.54, 1.807) is 14.0 Å². The summed E-state index contributed by atoms with van der Waals surface area (Å²) in [6.07, 6.45) is 4.17. The summed E-state index contributed by atoms with van der Waals surface area (Å²) in [5.41, 5.74) is 0.668. The highest BCUT2D eigenvalue weighted by atomic mass is 16.5. The van der Waals surface area contributed by atoms with Crippen LogP contribution in [0.4, 0.5) is 0 Å². The predicted octanol–water partition coefficient (Wildman–Crippen LogP) is 3.62. The number of aliphatic hydroxyl groups is 2. The Morgan fingerprint density at radius 1 is 1.31 bits per heavy atom. The van der Waals surface area contributed by atoms with Gasteiger partial charge in [0.15, 0.2) is 0 Å². The molecule has 1 aliphatic rings. The van der Waals surface area contributed by atoms with Gasteiger partial charge in [0.05, 0.1) is 39.0 Å². The van der Waals surface area contributed by atoms with Crippen molar-refractivity contribution in [2.45, 2.75) is 46.8 Å². The molecule has 0 saturated heterocycles. The Balaban J connectivity index is 1.88. The standard InChI is InChI=1S/C24H36O5/c1-6-7-16(2)21-12-24(21,4)23(27)20(13-25)22(26)17(3)14-29-15-18-8-10-19(28-5)11-9-18/h6-11,16-17,20-21,23,25,27H,12-15H2,1-5H3/b7-6-/t16-,17+,20-,21+,23-,24+/m0/s1. The summed E-state index contributed by atoms with van der Waals surface area (Å²) in [7, 11) is 1.62. The van der Waals surface area contributed by atoms with E-state index in [1.807, 2.05) is 44.2 Å². The van der Waals surface area contributed by atoms with E-state index in [0.717, 1.165) is 17.7 Å². The molecule has 162 valence electrons. The van der Waals surface area contributed by atoms with Crippen molar-refractivity contribution in [3.05, 3.63) is 42.0 Å². The molecule has 1 aromatic rings. The summed E-state index contributed by atoms with van der Waals surface area (Å²) in [5, 5.41) is 20.8. The van der Waals surface area contributed by atoms with Gasteiger partial charge in [-0.25, -0.2) is 0 Å². The molecule has 0 spiro atoms. The van der Waals surface area contributed by atoms with Crippen molar-refractivity contribution in [3.63, 3.8) is 0 Å². The number of hydrogen-bond acceptors (Lipinski definition) is 5. The molecule has 2 rings (SSSR count). The van der Waals surface area contributed by atoms with Crippen LogP contribution in [0.1, 0.15) is 39.7 Å². The van der Waals surface area contributed by atoms with E-state index in [-0.39, 0.29) is 24.4 Å². The monoisotopic (exact) mass is 404 g/mol. The van der Waals surface area contributed by atoms with Crippen LogP contribution in [-0.4, -0.2) is 42.4 Å². The average molecular weight is 405 g/mol. The van der Waals surface area contributed by atoms with Crippen molar-refractivity contribution in [3.8, 4) is 5.75 Å². The van der Waals surface area contributed by atoms with Gasteiger partial charge in [-0.3, -0.25) is 4.79 Å². The highest BCUT2D eigenvalue weighted by Crippen LogP contribution is 2.60. The molecule has 1 aromatic carbocycles. The number of aliphatic hydroxyl groups excluding tert-OH is 2. The van der Waals surface area contributed by atoms with Crippen molar-refractivity contribution in [1.29, 1.82) is 0 Å². The van der Waals surface area contributed by atoms with Crippen molar-refractivity contribution in [2.75, 3.05) is 20.3 Å². The number of hydrogen-bond donors (Lipinski definition) is 2. The van der Waals surface area contributed by atoms with Gasteiger partial charge in [-0.1, -0.05) is 45.1 Å². The molecule has 1 aliphatic carbocycles. The Hall–Kier alpha value is -1.69. The van der Waals surface area contributed by atoms with E-state index in [1.165, 1.54) is 0 Å². The second kappa shape index (κ2) is 10.4. The van der Waals surface area contributed by atoms with Gasteiger partial charge in [0, 0.05) is 5.92 Å². The smallest absolute Gasteiger partial charge is 0.145 e. The SMILES string of the molecule is C/C=C\[C@H](C)[C@H]1C[C@@]1(C)[C@@H](O)[C@@H](CO)C(=O)[C@H](C)COCc1ccc(OC)cc1. The second-order valence-electron chi connectivity index (χ2n) is 8.60. The highest BCUT2D eigenvalue weighted by molar-refractivity contribution is 5.84. The number of methoxy groups -OCH3 is 1. The number of benzene rings is 1. The number of allylic oxidation sites excluding steroid dienone is 2. The van der Waals surface area contributed by atoms with Gasteiger partial charge in [0.1, 0.15) is 11.5 Å². The summed E-state index contributed by atoms with van der Waals surface area (Å²) >= 11 is 0. The molecule has 29 heavy (non-hydrogen) atoms. The van der Waals surface area contributed by atoms with E-state index in [0.29, 0.717) is 18.4 Å². The van der Waals surface area contributed by atoms with Gasteiger partial charge in [-0.15, -0.1) is 0 Å². The lowest BCUT2D eigenvalue weighted by Crippen LogP contribution is -2.41. The van der Waals surface area contributed by atoms with Gasteiger partial charge in [0.2, 0.25) is 0 Å². The molecule has 5 nitrogen and oxygen atoms in total. The minimum absolute atomic E-state index is 0.139. The Morgan fingerprint density at radius 3 is 2.52 bits per heavy atom. The van der Waals surface area contributed by atoms with Crippen molar-refractivity contribution in [1.82, 2.24) is 0 Å². The van der Waals surface area contributed by atoms with E-state index in [4.69, 9.17) is 9.47 Å². The fourth-order valence-electron chi connectivity index (χ4n) is 4.31. The molecular weight excluding hydrogens is 368 g/mol. The van der Waals surface area contributed by atoms with Crippen molar-refractivity contribution < 1.29 is 24.5 Å². The minimum atomic E-state index is -0.846. The molecule has 0 aliphatic heterocycles.